The lowest BCUT2D eigenvalue weighted by Crippen LogP contribution is -2.46. The number of amides is 1. The number of nitrogens with zero attached hydrogens (tertiary/aromatic N) is 3. The van der Waals surface area contributed by atoms with Gasteiger partial charge in [0, 0.05) is 55.5 Å². The lowest BCUT2D eigenvalue weighted by molar-refractivity contribution is -0.136. The molecule has 0 unspecified atom stereocenters. The summed E-state index contributed by atoms with van der Waals surface area (Å²) in [6, 6.07) is 2.71. The summed E-state index contributed by atoms with van der Waals surface area (Å²) in [6.45, 7) is 4.09. The van der Waals surface area contributed by atoms with Gasteiger partial charge in [0.25, 0.3) is 0 Å². The molecule has 0 saturated carbocycles. The lowest BCUT2D eigenvalue weighted by atomic mass is 10.00. The van der Waals surface area contributed by atoms with Crippen molar-refractivity contribution in [2.75, 3.05) is 39.4 Å². The first-order chi connectivity index (χ1) is 13.0. The molecule has 2 aliphatic rings. The second-order valence-corrected chi connectivity index (χ2v) is 7.21. The van der Waals surface area contributed by atoms with Gasteiger partial charge >= 0.3 is 0 Å². The fraction of sp³-hybridized carbons (Fsp3) is 0.444. The molecule has 27 heavy (non-hydrogen) atoms. The maximum absolute atomic E-state index is 12.5. The summed E-state index contributed by atoms with van der Waals surface area (Å²) in [5.41, 5.74) is 2.97. The third-order valence-corrected chi connectivity index (χ3v) is 5.36. The Kier molecular flexibility index (Phi) is 4.94. The van der Waals surface area contributed by atoms with E-state index in [4.69, 9.17) is 16.3 Å². The lowest BCUT2D eigenvalue weighted by Gasteiger charge is -2.31. The van der Waals surface area contributed by atoms with Gasteiger partial charge in [-0.3, -0.25) is 14.8 Å². The molecule has 1 amide bonds. The van der Waals surface area contributed by atoms with E-state index < -0.39 is 0 Å². The first-order valence-electron chi connectivity index (χ1n) is 8.88. The summed E-state index contributed by atoms with van der Waals surface area (Å²) in [5.74, 6) is -0.171. The highest BCUT2D eigenvalue weighted by molar-refractivity contribution is 6.32. The molecule has 1 saturated heterocycles. The summed E-state index contributed by atoms with van der Waals surface area (Å²) in [5, 5.41) is 27.4. The van der Waals surface area contributed by atoms with Gasteiger partial charge in [0.2, 0.25) is 5.91 Å². The summed E-state index contributed by atoms with van der Waals surface area (Å²) >= 11 is 6.00. The normalized spacial score (nSPS) is 17.7. The van der Waals surface area contributed by atoms with E-state index >= 15 is 0 Å². The van der Waals surface area contributed by atoms with Crippen LogP contribution in [0.1, 0.15) is 11.3 Å². The van der Waals surface area contributed by atoms with Gasteiger partial charge in [0.1, 0.15) is 17.2 Å². The molecule has 0 aliphatic carbocycles. The standard InChI is InChI=1S/C18H21ClN4O4/c19-13-7-11(15(24)8-16(13)25)18-12-9-22(2-1-14(12)20-21-18)10-17(26)23-3-5-27-6-4-23/h7-8,24-25H,1-6,9-10H2,(H,20,21). The molecule has 0 atom stereocenters. The minimum Gasteiger partial charge on any atom is -0.507 e. The fourth-order valence-corrected chi connectivity index (χ4v) is 3.72. The SMILES string of the molecule is O=C(CN1CCc2[nH]nc(-c3cc(Cl)c(O)cc3O)c2C1)N1CCOCC1. The summed E-state index contributed by atoms with van der Waals surface area (Å²) in [4.78, 5) is 16.4. The van der Waals surface area contributed by atoms with E-state index in [0.29, 0.717) is 50.7 Å². The number of carbonyl (C=O) groups excluding carboxylic acids is 1. The van der Waals surface area contributed by atoms with Crippen molar-refractivity contribution in [3.63, 3.8) is 0 Å². The van der Waals surface area contributed by atoms with Gasteiger partial charge < -0.3 is 19.8 Å². The van der Waals surface area contributed by atoms with Crippen LogP contribution in [0.15, 0.2) is 12.1 Å². The number of nitrogens with one attached hydrogen (secondary N) is 1. The number of rotatable bonds is 3. The number of morpholine rings is 1. The number of hydrogen-bond acceptors (Lipinski definition) is 6. The smallest absolute Gasteiger partial charge is 0.236 e. The number of halogens is 1. The molecule has 9 heteroatoms. The van der Waals surface area contributed by atoms with E-state index in [9.17, 15) is 15.0 Å². The van der Waals surface area contributed by atoms with Crippen molar-refractivity contribution in [3.8, 4) is 22.8 Å². The zero-order valence-electron chi connectivity index (χ0n) is 14.7. The van der Waals surface area contributed by atoms with Crippen LogP contribution >= 0.6 is 11.6 Å². The van der Waals surface area contributed by atoms with Crippen molar-refractivity contribution in [3.05, 3.63) is 28.4 Å². The van der Waals surface area contributed by atoms with Crippen molar-refractivity contribution < 1.29 is 19.7 Å². The van der Waals surface area contributed by atoms with Gasteiger partial charge in [0.15, 0.2) is 0 Å². The average Bonchev–Trinajstić information content (AvgIpc) is 3.08. The van der Waals surface area contributed by atoms with E-state index in [1.165, 1.54) is 12.1 Å². The molecule has 0 spiro atoms. The number of aromatic amines is 1. The van der Waals surface area contributed by atoms with Crippen molar-refractivity contribution in [2.45, 2.75) is 13.0 Å². The average molecular weight is 393 g/mol. The molecule has 1 aromatic heterocycles. The number of benzene rings is 1. The maximum atomic E-state index is 12.5. The van der Waals surface area contributed by atoms with Gasteiger partial charge in [-0.1, -0.05) is 11.6 Å². The third kappa shape index (κ3) is 3.60. The van der Waals surface area contributed by atoms with Crippen LogP contribution in [0, 0.1) is 0 Å². The Morgan fingerprint density at radius 2 is 2.00 bits per heavy atom. The molecule has 4 rings (SSSR count). The van der Waals surface area contributed by atoms with E-state index in [0.717, 1.165) is 24.2 Å². The summed E-state index contributed by atoms with van der Waals surface area (Å²) in [7, 11) is 0. The second kappa shape index (κ2) is 7.38. The van der Waals surface area contributed by atoms with Crippen LogP contribution in [0.5, 0.6) is 11.5 Å². The molecule has 1 aromatic carbocycles. The number of aromatic nitrogens is 2. The van der Waals surface area contributed by atoms with Crippen LogP contribution in [0.3, 0.4) is 0 Å². The van der Waals surface area contributed by atoms with E-state index in [-0.39, 0.29) is 22.4 Å². The van der Waals surface area contributed by atoms with Gasteiger partial charge in [-0.25, -0.2) is 0 Å². The largest absolute Gasteiger partial charge is 0.507 e. The van der Waals surface area contributed by atoms with Crippen LogP contribution in [0.4, 0.5) is 0 Å². The molecule has 1 fully saturated rings. The van der Waals surface area contributed by atoms with Gasteiger partial charge in [-0.15, -0.1) is 0 Å². The molecule has 8 nitrogen and oxygen atoms in total. The summed E-state index contributed by atoms with van der Waals surface area (Å²) < 4.78 is 5.30. The molecule has 0 radical (unpaired) electrons. The molecule has 2 aromatic rings. The van der Waals surface area contributed by atoms with Crippen molar-refractivity contribution in [1.29, 1.82) is 0 Å². The molecular formula is C18H21ClN4O4. The Bertz CT molecular complexity index is 863. The highest BCUT2D eigenvalue weighted by Gasteiger charge is 2.27. The summed E-state index contributed by atoms with van der Waals surface area (Å²) in [6.07, 6.45) is 0.741. The molecule has 0 bridgehead atoms. The Labute approximate surface area is 161 Å². The Morgan fingerprint density at radius 1 is 1.22 bits per heavy atom. The van der Waals surface area contributed by atoms with Crippen molar-refractivity contribution >= 4 is 17.5 Å². The number of H-pyrrole nitrogens is 1. The number of fused-ring (bicyclic) bond motifs is 1. The minimum atomic E-state index is -0.181. The Morgan fingerprint density at radius 3 is 2.78 bits per heavy atom. The number of carbonyl (C=O) groups is 1. The Hall–Kier alpha value is -2.29. The third-order valence-electron chi connectivity index (χ3n) is 5.06. The zero-order chi connectivity index (χ0) is 19.0. The minimum absolute atomic E-state index is 0.0901. The monoisotopic (exact) mass is 392 g/mol. The molecule has 3 heterocycles. The molecule has 144 valence electrons. The van der Waals surface area contributed by atoms with Gasteiger partial charge in [-0.2, -0.15) is 5.10 Å². The number of phenols is 2. The van der Waals surface area contributed by atoms with Crippen LogP contribution in [-0.4, -0.2) is 75.5 Å². The van der Waals surface area contributed by atoms with Crippen LogP contribution in [0.25, 0.3) is 11.3 Å². The van der Waals surface area contributed by atoms with Crippen molar-refractivity contribution in [2.24, 2.45) is 0 Å². The number of hydrogen-bond donors (Lipinski definition) is 3. The quantitative estimate of drug-likeness (QED) is 0.729. The van der Waals surface area contributed by atoms with Crippen LogP contribution in [0.2, 0.25) is 5.02 Å². The molecule has 2 aliphatic heterocycles. The number of ether oxygens (including phenoxy) is 1. The predicted molar refractivity (Wildman–Crippen MR) is 98.7 cm³/mol. The number of aromatic hydroxyl groups is 2. The number of phenolic OH excluding ortho intramolecular Hbond substituents is 2. The van der Waals surface area contributed by atoms with Gasteiger partial charge in [-0.05, 0) is 6.07 Å². The van der Waals surface area contributed by atoms with Gasteiger partial charge in [0.05, 0.1) is 24.8 Å². The predicted octanol–water partition coefficient (Wildman–Crippen LogP) is 1.36. The van der Waals surface area contributed by atoms with E-state index in [1.54, 1.807) is 0 Å². The van der Waals surface area contributed by atoms with Crippen molar-refractivity contribution in [1.82, 2.24) is 20.0 Å². The Balaban J connectivity index is 1.54. The highest BCUT2D eigenvalue weighted by Crippen LogP contribution is 2.39. The topological polar surface area (TPSA) is 102 Å². The molecule has 3 N–H and O–H groups in total. The van der Waals surface area contributed by atoms with E-state index in [2.05, 4.69) is 15.1 Å². The first kappa shape index (κ1) is 18.1. The first-order valence-corrected chi connectivity index (χ1v) is 9.26. The molecular weight excluding hydrogens is 372 g/mol. The van der Waals surface area contributed by atoms with Crippen LogP contribution < -0.4 is 0 Å². The van der Waals surface area contributed by atoms with Crippen LogP contribution in [-0.2, 0) is 22.5 Å². The zero-order valence-corrected chi connectivity index (χ0v) is 15.5. The second-order valence-electron chi connectivity index (χ2n) is 6.80. The fourth-order valence-electron chi connectivity index (χ4n) is 3.55. The maximum Gasteiger partial charge on any atom is 0.236 e. The highest BCUT2D eigenvalue weighted by atomic mass is 35.5. The van der Waals surface area contributed by atoms with E-state index in [1.807, 2.05) is 4.90 Å².